The fraction of sp³-hybridized carbons (Fsp3) is 0.733. The van der Waals surface area contributed by atoms with Crippen molar-refractivity contribution >= 4 is 5.91 Å². The van der Waals surface area contributed by atoms with E-state index in [1.807, 2.05) is 10.9 Å². The first-order chi connectivity index (χ1) is 10.8. The monoisotopic (exact) mass is 307 g/mol. The maximum Gasteiger partial charge on any atom is 0.271 e. The summed E-state index contributed by atoms with van der Waals surface area (Å²) in [5.74, 6) is -0.0872. The first-order valence-corrected chi connectivity index (χ1v) is 8.17. The van der Waals surface area contributed by atoms with Gasteiger partial charge in [0.1, 0.15) is 5.69 Å². The minimum atomic E-state index is -0.0872. The number of hydrogen-bond acceptors (Lipinski definition) is 5. The molecule has 1 amide bonds. The molecule has 2 saturated heterocycles. The Morgan fingerprint density at radius 3 is 3.09 bits per heavy atom. The van der Waals surface area contributed by atoms with Crippen LogP contribution in [0.25, 0.3) is 0 Å². The molecule has 3 rings (SSSR count). The second-order valence-corrected chi connectivity index (χ2v) is 5.89. The molecule has 7 nitrogen and oxygen atoms in total. The molecule has 0 saturated carbocycles. The van der Waals surface area contributed by atoms with Gasteiger partial charge in [-0.3, -0.25) is 14.4 Å². The van der Waals surface area contributed by atoms with Crippen LogP contribution in [0.1, 0.15) is 29.4 Å². The van der Waals surface area contributed by atoms with Gasteiger partial charge in [0.05, 0.1) is 19.3 Å². The van der Waals surface area contributed by atoms with E-state index in [2.05, 4.69) is 20.6 Å². The molecule has 0 aromatic carbocycles. The third kappa shape index (κ3) is 4.06. The lowest BCUT2D eigenvalue weighted by atomic mass is 10.1. The number of nitrogens with zero attached hydrogens (tertiary/aromatic N) is 3. The van der Waals surface area contributed by atoms with Gasteiger partial charge in [-0.05, 0) is 25.5 Å². The maximum atomic E-state index is 12.1. The van der Waals surface area contributed by atoms with Crippen LogP contribution in [-0.4, -0.2) is 73.1 Å². The topological polar surface area (TPSA) is 71.4 Å². The zero-order valence-electron chi connectivity index (χ0n) is 13.0. The van der Waals surface area contributed by atoms with Gasteiger partial charge in [-0.15, -0.1) is 0 Å². The number of hydrogen-bond donors (Lipinski definition) is 2. The van der Waals surface area contributed by atoms with Crippen molar-refractivity contribution in [3.63, 3.8) is 0 Å². The number of ether oxygens (including phenoxy) is 1. The van der Waals surface area contributed by atoms with Crippen molar-refractivity contribution in [3.8, 4) is 0 Å². The van der Waals surface area contributed by atoms with Crippen LogP contribution >= 0.6 is 0 Å². The molecule has 2 N–H and O–H groups in total. The number of aromatic nitrogens is 2. The van der Waals surface area contributed by atoms with E-state index in [1.54, 1.807) is 6.07 Å². The Bertz CT molecular complexity index is 478. The van der Waals surface area contributed by atoms with Crippen LogP contribution in [-0.2, 0) is 4.74 Å². The predicted molar refractivity (Wildman–Crippen MR) is 83.0 cm³/mol. The number of amides is 1. The molecular weight excluding hydrogens is 282 g/mol. The van der Waals surface area contributed by atoms with E-state index >= 15 is 0 Å². The fourth-order valence-corrected chi connectivity index (χ4v) is 2.96. The van der Waals surface area contributed by atoms with Gasteiger partial charge in [0.15, 0.2) is 0 Å². The third-order valence-corrected chi connectivity index (χ3v) is 4.30. The van der Waals surface area contributed by atoms with Crippen molar-refractivity contribution in [1.29, 1.82) is 0 Å². The van der Waals surface area contributed by atoms with Gasteiger partial charge in [-0.2, -0.15) is 5.10 Å². The van der Waals surface area contributed by atoms with E-state index in [1.165, 1.54) is 0 Å². The lowest BCUT2D eigenvalue weighted by Gasteiger charge is -2.26. The highest BCUT2D eigenvalue weighted by molar-refractivity contribution is 5.92. The van der Waals surface area contributed by atoms with Gasteiger partial charge in [0, 0.05) is 38.9 Å². The standard InChI is InChI=1S/C15H25N5O2/c21-15(17-5-7-19-8-10-22-11-9-19)14-3-6-20(18-14)13-2-1-4-16-12-13/h3,6,13,16H,1-2,4-5,7-12H2,(H,17,21). The summed E-state index contributed by atoms with van der Waals surface area (Å²) in [7, 11) is 0. The van der Waals surface area contributed by atoms with Gasteiger partial charge >= 0.3 is 0 Å². The van der Waals surface area contributed by atoms with Crippen molar-refractivity contribution in [1.82, 2.24) is 25.3 Å². The first kappa shape index (κ1) is 15.5. The largest absolute Gasteiger partial charge is 0.379 e. The lowest BCUT2D eigenvalue weighted by Crippen LogP contribution is -2.41. The normalized spacial score (nSPS) is 23.4. The SMILES string of the molecule is O=C(NCCN1CCOCC1)c1ccn(C2CCCNC2)n1. The summed E-state index contributed by atoms with van der Waals surface area (Å²) in [6.45, 7) is 6.98. The summed E-state index contributed by atoms with van der Waals surface area (Å²) >= 11 is 0. The van der Waals surface area contributed by atoms with Crippen LogP contribution in [0, 0.1) is 0 Å². The number of rotatable bonds is 5. The number of carbonyl (C=O) groups is 1. The zero-order valence-corrected chi connectivity index (χ0v) is 13.0. The first-order valence-electron chi connectivity index (χ1n) is 8.17. The van der Waals surface area contributed by atoms with Gasteiger partial charge in [-0.25, -0.2) is 0 Å². The average molecular weight is 307 g/mol. The molecular formula is C15H25N5O2. The van der Waals surface area contributed by atoms with Crippen molar-refractivity contribution in [2.75, 3.05) is 52.5 Å². The van der Waals surface area contributed by atoms with E-state index in [0.29, 0.717) is 18.3 Å². The van der Waals surface area contributed by atoms with Crippen LogP contribution in [0.4, 0.5) is 0 Å². The Balaban J connectivity index is 1.44. The summed E-state index contributed by atoms with van der Waals surface area (Å²) in [6, 6.07) is 2.17. The molecule has 2 fully saturated rings. The quantitative estimate of drug-likeness (QED) is 0.793. The Labute approximate surface area is 131 Å². The predicted octanol–water partition coefficient (Wildman–Crippen LogP) is -0.130. The van der Waals surface area contributed by atoms with E-state index in [4.69, 9.17) is 4.74 Å². The van der Waals surface area contributed by atoms with Crippen LogP contribution < -0.4 is 10.6 Å². The summed E-state index contributed by atoms with van der Waals surface area (Å²) in [5, 5.41) is 10.7. The highest BCUT2D eigenvalue weighted by Gasteiger charge is 2.17. The van der Waals surface area contributed by atoms with Crippen molar-refractivity contribution in [3.05, 3.63) is 18.0 Å². The van der Waals surface area contributed by atoms with Gasteiger partial charge in [-0.1, -0.05) is 0 Å². The second kappa shape index (κ2) is 7.71. The summed E-state index contributed by atoms with van der Waals surface area (Å²) in [6.07, 6.45) is 4.19. The summed E-state index contributed by atoms with van der Waals surface area (Å²) in [4.78, 5) is 14.4. The zero-order chi connectivity index (χ0) is 15.2. The summed E-state index contributed by atoms with van der Waals surface area (Å²) < 4.78 is 7.23. The molecule has 1 aromatic rings. The highest BCUT2D eigenvalue weighted by atomic mass is 16.5. The molecule has 122 valence electrons. The van der Waals surface area contributed by atoms with Gasteiger partial charge < -0.3 is 15.4 Å². The van der Waals surface area contributed by atoms with Crippen molar-refractivity contribution < 1.29 is 9.53 Å². The van der Waals surface area contributed by atoms with Gasteiger partial charge in [0.25, 0.3) is 5.91 Å². The number of nitrogens with one attached hydrogen (secondary N) is 2. The fourth-order valence-electron chi connectivity index (χ4n) is 2.96. The van der Waals surface area contributed by atoms with Crippen LogP contribution in [0.5, 0.6) is 0 Å². The molecule has 1 unspecified atom stereocenters. The minimum Gasteiger partial charge on any atom is -0.379 e. The molecule has 2 aliphatic heterocycles. The Kier molecular flexibility index (Phi) is 5.42. The van der Waals surface area contributed by atoms with Crippen LogP contribution in [0.3, 0.4) is 0 Å². The van der Waals surface area contributed by atoms with Crippen LogP contribution in [0.2, 0.25) is 0 Å². The molecule has 1 atom stereocenters. The van der Waals surface area contributed by atoms with E-state index in [0.717, 1.165) is 58.8 Å². The summed E-state index contributed by atoms with van der Waals surface area (Å²) in [5.41, 5.74) is 0.507. The molecule has 0 radical (unpaired) electrons. The van der Waals surface area contributed by atoms with E-state index in [-0.39, 0.29) is 5.91 Å². The smallest absolute Gasteiger partial charge is 0.271 e. The number of piperidine rings is 1. The lowest BCUT2D eigenvalue weighted by molar-refractivity contribution is 0.0383. The Hall–Kier alpha value is -1.44. The number of morpholine rings is 1. The maximum absolute atomic E-state index is 12.1. The number of carbonyl (C=O) groups excluding carboxylic acids is 1. The molecule has 0 aliphatic carbocycles. The average Bonchev–Trinajstić information content (AvgIpc) is 3.07. The highest BCUT2D eigenvalue weighted by Crippen LogP contribution is 2.15. The Morgan fingerprint density at radius 1 is 1.45 bits per heavy atom. The Morgan fingerprint density at radius 2 is 2.32 bits per heavy atom. The van der Waals surface area contributed by atoms with Crippen molar-refractivity contribution in [2.24, 2.45) is 0 Å². The third-order valence-electron chi connectivity index (χ3n) is 4.30. The molecule has 7 heteroatoms. The second-order valence-electron chi connectivity index (χ2n) is 5.89. The minimum absolute atomic E-state index is 0.0872. The molecule has 22 heavy (non-hydrogen) atoms. The molecule has 0 bridgehead atoms. The van der Waals surface area contributed by atoms with E-state index < -0.39 is 0 Å². The molecule has 3 heterocycles. The molecule has 1 aromatic heterocycles. The van der Waals surface area contributed by atoms with E-state index in [9.17, 15) is 4.79 Å². The molecule has 0 spiro atoms. The van der Waals surface area contributed by atoms with Gasteiger partial charge in [0.2, 0.25) is 0 Å². The van der Waals surface area contributed by atoms with Crippen LogP contribution in [0.15, 0.2) is 12.3 Å². The molecule has 2 aliphatic rings. The van der Waals surface area contributed by atoms with Crippen molar-refractivity contribution in [2.45, 2.75) is 18.9 Å².